The fourth-order valence-corrected chi connectivity index (χ4v) is 6.03. The lowest BCUT2D eigenvalue weighted by Crippen LogP contribution is -2.38. The number of benzene rings is 4. The van der Waals surface area contributed by atoms with E-state index in [4.69, 9.17) is 18.9 Å². The van der Waals surface area contributed by atoms with Gasteiger partial charge in [-0.2, -0.15) is 0 Å². The summed E-state index contributed by atoms with van der Waals surface area (Å²) < 4.78 is 21.9. The fourth-order valence-electron chi connectivity index (χ4n) is 6.03. The van der Waals surface area contributed by atoms with Crippen LogP contribution in [0.15, 0.2) is 84.9 Å². The highest BCUT2D eigenvalue weighted by atomic mass is 16.6. The van der Waals surface area contributed by atoms with Gasteiger partial charge in [-0.1, -0.05) is 72.8 Å². The zero-order chi connectivity index (χ0) is 32.5. The van der Waals surface area contributed by atoms with E-state index < -0.39 is 0 Å². The second-order valence-corrected chi connectivity index (χ2v) is 11.8. The molecule has 2 aliphatic rings. The molecule has 0 aromatic heterocycles. The average molecular weight is 625 g/mol. The minimum absolute atomic E-state index is 0.0137. The van der Waals surface area contributed by atoms with E-state index in [2.05, 4.69) is 0 Å². The third-order valence-corrected chi connectivity index (χ3v) is 8.31. The normalized spacial score (nSPS) is 21.1. The van der Waals surface area contributed by atoms with E-state index in [0.29, 0.717) is 24.3 Å². The first-order valence-electron chi connectivity index (χ1n) is 15.9. The van der Waals surface area contributed by atoms with Gasteiger partial charge >= 0.3 is 11.9 Å². The summed E-state index contributed by atoms with van der Waals surface area (Å²) in [5.41, 5.74) is 1.33. The second-order valence-electron chi connectivity index (χ2n) is 11.8. The monoisotopic (exact) mass is 624 g/mol. The number of hydrogen-bond acceptors (Lipinski definition) is 8. The Morgan fingerprint density at radius 2 is 0.978 bits per heavy atom. The van der Waals surface area contributed by atoms with Gasteiger partial charge in [0.25, 0.3) is 0 Å². The number of carbonyl (C=O) groups is 4. The van der Waals surface area contributed by atoms with Gasteiger partial charge in [0.15, 0.2) is 11.6 Å². The molecule has 2 heterocycles. The van der Waals surface area contributed by atoms with Gasteiger partial charge in [-0.3, -0.25) is 19.2 Å². The molecule has 0 spiro atoms. The smallest absolute Gasteiger partial charge is 0.302 e. The van der Waals surface area contributed by atoms with Crippen LogP contribution < -0.4 is 0 Å². The Balaban J connectivity index is 0.000000181. The first-order chi connectivity index (χ1) is 22.3. The molecule has 240 valence electrons. The molecule has 4 aromatic rings. The highest BCUT2D eigenvalue weighted by molar-refractivity contribution is 6.01. The predicted octanol–water partition coefficient (Wildman–Crippen LogP) is 7.05. The Morgan fingerprint density at radius 3 is 1.37 bits per heavy atom. The maximum atomic E-state index is 12.6. The van der Waals surface area contributed by atoms with Crippen LogP contribution in [0.4, 0.5) is 0 Å². The Bertz CT molecular complexity index is 1570. The highest BCUT2D eigenvalue weighted by Crippen LogP contribution is 2.25. The lowest BCUT2D eigenvalue weighted by atomic mass is 9.96. The predicted molar refractivity (Wildman–Crippen MR) is 175 cm³/mol. The second kappa shape index (κ2) is 15.7. The van der Waals surface area contributed by atoms with Crippen molar-refractivity contribution in [3.8, 4) is 0 Å². The van der Waals surface area contributed by atoms with Crippen LogP contribution in [0.1, 0.15) is 73.1 Å². The van der Waals surface area contributed by atoms with Crippen LogP contribution in [0.25, 0.3) is 21.5 Å². The number of Topliss-reactive ketones (excluding diaryl/α,β-unsaturated/α-hetero) is 2. The zero-order valence-corrected chi connectivity index (χ0v) is 26.3. The molecule has 0 bridgehead atoms. The van der Waals surface area contributed by atoms with E-state index in [0.717, 1.165) is 47.2 Å². The first-order valence-corrected chi connectivity index (χ1v) is 15.9. The van der Waals surface area contributed by atoms with Gasteiger partial charge in [0.05, 0.1) is 0 Å². The molecule has 0 radical (unpaired) electrons. The molecule has 46 heavy (non-hydrogen) atoms. The molecule has 4 aromatic carbocycles. The van der Waals surface area contributed by atoms with Crippen LogP contribution >= 0.6 is 0 Å². The quantitative estimate of drug-likeness (QED) is 0.152. The van der Waals surface area contributed by atoms with Crippen molar-refractivity contribution >= 4 is 45.0 Å². The topological polar surface area (TPSA) is 105 Å². The summed E-state index contributed by atoms with van der Waals surface area (Å²) in [4.78, 5) is 47.5. The Hall–Kier alpha value is -4.40. The molecule has 0 N–H and O–H groups in total. The van der Waals surface area contributed by atoms with Crippen LogP contribution in [0.3, 0.4) is 0 Å². The van der Waals surface area contributed by atoms with Gasteiger partial charge in [-0.05, 0) is 59.4 Å². The highest BCUT2D eigenvalue weighted by Gasteiger charge is 2.32. The number of carbonyl (C=O) groups excluding carboxylic acids is 4. The Kier molecular flexibility index (Phi) is 11.3. The van der Waals surface area contributed by atoms with E-state index in [-0.39, 0.29) is 60.8 Å². The minimum atomic E-state index is -0.355. The Morgan fingerprint density at radius 1 is 0.587 bits per heavy atom. The van der Waals surface area contributed by atoms with Gasteiger partial charge in [-0.25, -0.2) is 0 Å². The van der Waals surface area contributed by atoms with Crippen molar-refractivity contribution in [1.29, 1.82) is 0 Å². The molecule has 4 atom stereocenters. The first kappa shape index (κ1) is 33.0. The molecule has 0 saturated carbocycles. The standard InChI is InChI=1S/2C19H20O4/c2*1-13(20)23-18-7-4-10-22-19(18)12-17(21)16-9-8-14-5-2-3-6-15(14)11-16/h2*2-3,5-6,8-9,11,18-19H,4,7,10,12H2,1H3/t2*18-,19-/m10/s1. The SMILES string of the molecule is CC(=O)O[C@@H]1CCCO[C@@H]1CC(=O)c1ccc2ccccc2c1.CC(=O)O[C@H]1CCCO[C@H]1CC(=O)c1ccc2ccccc2c1. The van der Waals surface area contributed by atoms with Crippen LogP contribution in [0.5, 0.6) is 0 Å². The van der Waals surface area contributed by atoms with Crippen molar-refractivity contribution in [2.75, 3.05) is 13.2 Å². The van der Waals surface area contributed by atoms with E-state index in [1.54, 1.807) is 0 Å². The van der Waals surface area contributed by atoms with E-state index in [1.807, 2.05) is 84.9 Å². The van der Waals surface area contributed by atoms with Crippen LogP contribution in [-0.2, 0) is 28.5 Å². The molecule has 2 saturated heterocycles. The summed E-state index contributed by atoms with van der Waals surface area (Å²) in [6, 6.07) is 27.3. The van der Waals surface area contributed by atoms with Crippen molar-refractivity contribution in [2.45, 2.75) is 76.8 Å². The van der Waals surface area contributed by atoms with E-state index >= 15 is 0 Å². The summed E-state index contributed by atoms with van der Waals surface area (Å²) in [6.07, 6.45) is 2.28. The molecule has 2 fully saturated rings. The van der Waals surface area contributed by atoms with Gasteiger partial charge in [0.1, 0.15) is 24.4 Å². The molecular weight excluding hydrogens is 584 g/mol. The average Bonchev–Trinajstić information content (AvgIpc) is 3.06. The summed E-state index contributed by atoms with van der Waals surface area (Å²) in [6.45, 7) is 3.98. The molecule has 8 heteroatoms. The molecular formula is C38H40O8. The van der Waals surface area contributed by atoms with E-state index in [9.17, 15) is 19.2 Å². The van der Waals surface area contributed by atoms with Crippen LogP contribution in [-0.4, -0.2) is 61.1 Å². The van der Waals surface area contributed by atoms with Crippen molar-refractivity contribution in [3.63, 3.8) is 0 Å². The van der Waals surface area contributed by atoms with Crippen LogP contribution in [0, 0.1) is 0 Å². The Labute approximate surface area is 269 Å². The molecule has 0 unspecified atom stereocenters. The maximum absolute atomic E-state index is 12.6. The zero-order valence-electron chi connectivity index (χ0n) is 26.3. The van der Waals surface area contributed by atoms with Crippen LogP contribution in [0.2, 0.25) is 0 Å². The fraction of sp³-hybridized carbons (Fsp3) is 0.368. The van der Waals surface area contributed by atoms with Crippen molar-refractivity contribution < 1.29 is 38.1 Å². The summed E-state index contributed by atoms with van der Waals surface area (Å²) >= 11 is 0. The third-order valence-electron chi connectivity index (χ3n) is 8.31. The number of esters is 2. The lowest BCUT2D eigenvalue weighted by molar-refractivity contribution is -0.161. The minimum Gasteiger partial charge on any atom is -0.460 e. The maximum Gasteiger partial charge on any atom is 0.302 e. The van der Waals surface area contributed by atoms with Crippen molar-refractivity contribution in [2.24, 2.45) is 0 Å². The number of fused-ring (bicyclic) bond motifs is 2. The molecule has 0 aliphatic carbocycles. The van der Waals surface area contributed by atoms with Gasteiger partial charge in [-0.15, -0.1) is 0 Å². The number of ether oxygens (including phenoxy) is 4. The van der Waals surface area contributed by atoms with E-state index in [1.165, 1.54) is 13.8 Å². The van der Waals surface area contributed by atoms with Gasteiger partial charge in [0, 0.05) is 51.0 Å². The summed E-state index contributed by atoms with van der Waals surface area (Å²) in [5.74, 6) is -0.632. The van der Waals surface area contributed by atoms with Crippen molar-refractivity contribution in [3.05, 3.63) is 96.1 Å². The number of rotatable bonds is 8. The number of hydrogen-bond donors (Lipinski definition) is 0. The summed E-state index contributed by atoms with van der Waals surface area (Å²) in [5, 5.41) is 4.30. The summed E-state index contributed by atoms with van der Waals surface area (Å²) in [7, 11) is 0. The third kappa shape index (κ3) is 8.86. The lowest BCUT2D eigenvalue weighted by Gasteiger charge is -2.30. The molecule has 8 nitrogen and oxygen atoms in total. The molecule has 0 amide bonds. The largest absolute Gasteiger partial charge is 0.460 e. The molecule has 2 aliphatic heterocycles. The number of ketones is 2. The van der Waals surface area contributed by atoms with Crippen molar-refractivity contribution in [1.82, 2.24) is 0 Å². The van der Waals surface area contributed by atoms with Gasteiger partial charge < -0.3 is 18.9 Å². The van der Waals surface area contributed by atoms with Gasteiger partial charge in [0.2, 0.25) is 0 Å². The molecule has 6 rings (SSSR count).